The van der Waals surface area contributed by atoms with E-state index in [1.54, 1.807) is 4.90 Å². The first kappa shape index (κ1) is 20.9. The molecule has 0 radical (unpaired) electrons. The van der Waals surface area contributed by atoms with E-state index in [0.717, 1.165) is 23.3 Å². The number of nitrogens with zero attached hydrogens (tertiary/aromatic N) is 1. The molecule has 7 heteroatoms. The minimum absolute atomic E-state index is 0.206. The molecule has 1 aliphatic rings. The third-order valence-electron chi connectivity index (χ3n) is 5.50. The van der Waals surface area contributed by atoms with Crippen LogP contribution in [0.5, 0.6) is 0 Å². The van der Waals surface area contributed by atoms with Crippen LogP contribution >= 0.6 is 0 Å². The van der Waals surface area contributed by atoms with Gasteiger partial charge in [-0.05, 0) is 66.4 Å². The van der Waals surface area contributed by atoms with Gasteiger partial charge in [-0.2, -0.15) is 13.2 Å². The molecule has 31 heavy (non-hydrogen) atoms. The summed E-state index contributed by atoms with van der Waals surface area (Å²) < 4.78 is 52.3. The molecule has 0 bridgehead atoms. The van der Waals surface area contributed by atoms with Crippen molar-refractivity contribution >= 4 is 11.7 Å². The fraction of sp³-hybridized carbons (Fsp3) is 0.208. The van der Waals surface area contributed by atoms with E-state index in [4.69, 9.17) is 0 Å². The van der Waals surface area contributed by atoms with Crippen LogP contribution in [0.1, 0.15) is 35.2 Å². The maximum Gasteiger partial charge on any atom is 0.416 e. The van der Waals surface area contributed by atoms with Gasteiger partial charge < -0.3 is 10.2 Å². The first-order valence-corrected chi connectivity index (χ1v) is 9.84. The van der Waals surface area contributed by atoms with Gasteiger partial charge in [0, 0.05) is 11.7 Å². The smallest absolute Gasteiger partial charge is 0.310 e. The van der Waals surface area contributed by atoms with Gasteiger partial charge in [0.2, 0.25) is 0 Å². The molecule has 1 heterocycles. The van der Waals surface area contributed by atoms with E-state index in [0.29, 0.717) is 17.7 Å². The van der Waals surface area contributed by atoms with Crippen molar-refractivity contribution in [2.45, 2.75) is 31.6 Å². The maximum absolute atomic E-state index is 13.2. The molecule has 0 spiro atoms. The average molecular weight is 428 g/mol. The number of alkyl halides is 3. The zero-order valence-electron chi connectivity index (χ0n) is 16.7. The van der Waals surface area contributed by atoms with Gasteiger partial charge in [-0.15, -0.1) is 0 Å². The number of carbonyl (C=O) groups is 1. The normalized spacial score (nSPS) is 18.4. The van der Waals surface area contributed by atoms with Crippen LogP contribution in [-0.4, -0.2) is 17.0 Å². The lowest BCUT2D eigenvalue weighted by Crippen LogP contribution is -2.48. The maximum atomic E-state index is 13.2. The number of benzene rings is 3. The predicted octanol–water partition coefficient (Wildman–Crippen LogP) is 6.41. The van der Waals surface area contributed by atoms with Crippen LogP contribution in [0, 0.1) is 5.82 Å². The Hall–Kier alpha value is -3.35. The molecule has 0 saturated heterocycles. The minimum Gasteiger partial charge on any atom is -0.310 e. The lowest BCUT2D eigenvalue weighted by atomic mass is 9.85. The summed E-state index contributed by atoms with van der Waals surface area (Å²) in [6.07, 6.45) is -3.82. The van der Waals surface area contributed by atoms with Crippen molar-refractivity contribution in [2.24, 2.45) is 0 Å². The molecular formula is C24H20F4N2O. The van der Waals surface area contributed by atoms with Gasteiger partial charge in [0.15, 0.2) is 0 Å². The summed E-state index contributed by atoms with van der Waals surface area (Å²) >= 11 is 0. The Balaban J connectivity index is 1.73. The summed E-state index contributed by atoms with van der Waals surface area (Å²) in [7, 11) is 0. The minimum atomic E-state index is -4.43. The van der Waals surface area contributed by atoms with E-state index in [1.165, 1.54) is 36.4 Å². The topological polar surface area (TPSA) is 32.3 Å². The first-order chi connectivity index (χ1) is 14.7. The molecule has 2 amide bonds. The number of nitrogens with one attached hydrogen (secondary N) is 1. The van der Waals surface area contributed by atoms with Gasteiger partial charge in [0.1, 0.15) is 5.82 Å². The number of anilines is 1. The van der Waals surface area contributed by atoms with E-state index < -0.39 is 29.6 Å². The number of halogens is 4. The summed E-state index contributed by atoms with van der Waals surface area (Å²) in [6, 6.07) is 16.8. The molecule has 2 atom stereocenters. The molecule has 0 aliphatic carbocycles. The first-order valence-electron chi connectivity index (χ1n) is 9.84. The summed E-state index contributed by atoms with van der Waals surface area (Å²) in [6.45, 7) is 1.90. The Morgan fingerprint density at radius 3 is 2.26 bits per heavy atom. The fourth-order valence-corrected chi connectivity index (χ4v) is 4.04. The second kappa shape index (κ2) is 8.06. The summed E-state index contributed by atoms with van der Waals surface area (Å²) in [4.78, 5) is 14.9. The monoisotopic (exact) mass is 428 g/mol. The number of carbonyl (C=O) groups excluding carboxylic acids is 1. The number of hydrogen-bond donors (Lipinski definition) is 1. The summed E-state index contributed by atoms with van der Waals surface area (Å²) in [5.41, 5.74) is 2.20. The lowest BCUT2D eigenvalue weighted by molar-refractivity contribution is -0.137. The van der Waals surface area contributed by atoms with E-state index in [2.05, 4.69) is 5.32 Å². The third-order valence-corrected chi connectivity index (χ3v) is 5.50. The Morgan fingerprint density at radius 2 is 1.61 bits per heavy atom. The Kier molecular flexibility index (Phi) is 5.43. The quantitative estimate of drug-likeness (QED) is 0.470. The molecule has 1 aliphatic heterocycles. The summed E-state index contributed by atoms with van der Waals surface area (Å²) in [5.74, 6) is -0.416. The van der Waals surface area contributed by atoms with Crippen molar-refractivity contribution < 1.29 is 22.4 Å². The van der Waals surface area contributed by atoms with Gasteiger partial charge >= 0.3 is 12.2 Å². The number of amides is 2. The van der Waals surface area contributed by atoms with E-state index in [9.17, 15) is 22.4 Å². The van der Waals surface area contributed by atoms with Crippen LogP contribution in [0.15, 0.2) is 72.8 Å². The molecule has 0 aromatic heterocycles. The number of rotatable bonds is 2. The fourth-order valence-electron chi connectivity index (χ4n) is 4.04. The van der Waals surface area contributed by atoms with E-state index in [-0.39, 0.29) is 6.04 Å². The molecule has 0 saturated carbocycles. The Bertz CT molecular complexity index is 1080. The van der Waals surface area contributed by atoms with Crippen molar-refractivity contribution in [3.63, 3.8) is 0 Å². The molecule has 0 fully saturated rings. The van der Waals surface area contributed by atoms with Crippen LogP contribution < -0.4 is 5.32 Å². The van der Waals surface area contributed by atoms with Gasteiger partial charge in [-0.1, -0.05) is 36.4 Å². The van der Waals surface area contributed by atoms with Crippen molar-refractivity contribution in [2.75, 3.05) is 5.32 Å². The van der Waals surface area contributed by atoms with Crippen molar-refractivity contribution in [3.05, 3.63) is 101 Å². The van der Waals surface area contributed by atoms with Crippen LogP contribution in [-0.2, 0) is 12.6 Å². The molecular weight excluding hydrogens is 408 g/mol. The van der Waals surface area contributed by atoms with Gasteiger partial charge in [-0.3, -0.25) is 0 Å². The predicted molar refractivity (Wildman–Crippen MR) is 110 cm³/mol. The van der Waals surface area contributed by atoms with E-state index in [1.807, 2.05) is 31.2 Å². The molecule has 3 aromatic rings. The second-order valence-electron chi connectivity index (χ2n) is 7.62. The van der Waals surface area contributed by atoms with Gasteiger partial charge in [0.25, 0.3) is 0 Å². The zero-order chi connectivity index (χ0) is 22.2. The largest absolute Gasteiger partial charge is 0.416 e. The average Bonchev–Trinajstić information content (AvgIpc) is 2.74. The zero-order valence-corrected chi connectivity index (χ0v) is 16.7. The van der Waals surface area contributed by atoms with Crippen LogP contribution in [0.25, 0.3) is 0 Å². The summed E-state index contributed by atoms with van der Waals surface area (Å²) in [5, 5.41) is 2.78. The highest BCUT2D eigenvalue weighted by Gasteiger charge is 2.37. The highest BCUT2D eigenvalue weighted by atomic mass is 19.4. The molecule has 4 rings (SSSR count). The standard InChI is InChI=1S/C24H20F4N2O/c1-15-14-17-4-2-3-5-21(17)22(16-6-8-18(9-7-16)24(26,27)28)30(15)23(31)29-20-12-10-19(25)11-13-20/h2-13,15,22H,14H2,1H3,(H,29,31)/t15-,22-/m0/s1. The number of hydrogen-bond acceptors (Lipinski definition) is 1. The highest BCUT2D eigenvalue weighted by molar-refractivity contribution is 5.90. The Labute approximate surface area is 177 Å². The Morgan fingerprint density at radius 1 is 0.968 bits per heavy atom. The molecule has 3 aromatic carbocycles. The molecule has 3 nitrogen and oxygen atoms in total. The third kappa shape index (κ3) is 4.26. The number of urea groups is 1. The van der Waals surface area contributed by atoms with Crippen LogP contribution in [0.2, 0.25) is 0 Å². The molecule has 160 valence electrons. The van der Waals surface area contributed by atoms with Crippen molar-refractivity contribution in [1.29, 1.82) is 0 Å². The lowest BCUT2D eigenvalue weighted by Gasteiger charge is -2.42. The van der Waals surface area contributed by atoms with E-state index >= 15 is 0 Å². The van der Waals surface area contributed by atoms with Crippen LogP contribution in [0.4, 0.5) is 28.0 Å². The van der Waals surface area contributed by atoms with Gasteiger partial charge in [-0.25, -0.2) is 9.18 Å². The van der Waals surface area contributed by atoms with Crippen molar-refractivity contribution in [1.82, 2.24) is 4.90 Å². The molecule has 0 unspecified atom stereocenters. The van der Waals surface area contributed by atoms with Gasteiger partial charge in [0.05, 0.1) is 11.6 Å². The molecule has 1 N–H and O–H groups in total. The number of fused-ring (bicyclic) bond motifs is 1. The second-order valence-corrected chi connectivity index (χ2v) is 7.62. The highest BCUT2D eigenvalue weighted by Crippen LogP contribution is 2.39. The van der Waals surface area contributed by atoms with Crippen molar-refractivity contribution in [3.8, 4) is 0 Å². The van der Waals surface area contributed by atoms with Crippen LogP contribution in [0.3, 0.4) is 0 Å². The SMILES string of the molecule is C[C@H]1Cc2ccccc2[C@H](c2ccc(C(F)(F)F)cc2)N1C(=O)Nc1ccc(F)cc1.